The SMILES string of the molecule is CCCC(OCCc1ccc(-c2ccc(Cl)cc2)cc1)C(=O)OCC. The van der Waals surface area contributed by atoms with E-state index in [1.165, 1.54) is 5.56 Å². The molecule has 3 nitrogen and oxygen atoms in total. The number of ether oxygens (including phenoxy) is 2. The topological polar surface area (TPSA) is 35.5 Å². The average Bonchev–Trinajstić information content (AvgIpc) is 2.62. The Morgan fingerprint density at radius 3 is 2.16 bits per heavy atom. The smallest absolute Gasteiger partial charge is 0.335 e. The van der Waals surface area contributed by atoms with E-state index in [0.29, 0.717) is 19.6 Å². The highest BCUT2D eigenvalue weighted by Crippen LogP contribution is 2.22. The quantitative estimate of drug-likeness (QED) is 0.569. The number of hydrogen-bond donors (Lipinski definition) is 0. The molecular weight excluding hydrogens is 336 g/mol. The highest BCUT2D eigenvalue weighted by Gasteiger charge is 2.19. The highest BCUT2D eigenvalue weighted by atomic mass is 35.5. The van der Waals surface area contributed by atoms with Crippen molar-refractivity contribution in [3.63, 3.8) is 0 Å². The van der Waals surface area contributed by atoms with Crippen LogP contribution in [-0.2, 0) is 20.7 Å². The fraction of sp³-hybridized carbons (Fsp3) is 0.381. The van der Waals surface area contributed by atoms with Gasteiger partial charge in [0.1, 0.15) is 0 Å². The molecule has 2 aromatic rings. The first-order valence-corrected chi connectivity index (χ1v) is 9.15. The number of benzene rings is 2. The van der Waals surface area contributed by atoms with Crippen LogP contribution < -0.4 is 0 Å². The number of carbonyl (C=O) groups excluding carboxylic acids is 1. The molecule has 1 unspecified atom stereocenters. The molecule has 0 bridgehead atoms. The van der Waals surface area contributed by atoms with Gasteiger partial charge in [-0.05, 0) is 48.6 Å². The lowest BCUT2D eigenvalue weighted by Crippen LogP contribution is -2.27. The number of halogens is 1. The molecule has 0 aliphatic rings. The van der Waals surface area contributed by atoms with E-state index in [0.717, 1.165) is 29.0 Å². The van der Waals surface area contributed by atoms with Crippen LogP contribution in [0.4, 0.5) is 0 Å². The third kappa shape index (κ3) is 6.18. The van der Waals surface area contributed by atoms with Crippen molar-refractivity contribution in [3.8, 4) is 11.1 Å². The molecule has 0 heterocycles. The molecule has 134 valence electrons. The minimum absolute atomic E-state index is 0.262. The molecule has 0 aromatic heterocycles. The second kappa shape index (κ2) is 10.2. The zero-order valence-electron chi connectivity index (χ0n) is 14.8. The van der Waals surface area contributed by atoms with Gasteiger partial charge in [-0.15, -0.1) is 0 Å². The van der Waals surface area contributed by atoms with Gasteiger partial charge in [0.05, 0.1) is 13.2 Å². The van der Waals surface area contributed by atoms with Crippen LogP contribution in [0.3, 0.4) is 0 Å². The van der Waals surface area contributed by atoms with Crippen LogP contribution in [0.1, 0.15) is 32.3 Å². The first-order chi connectivity index (χ1) is 12.1. The Morgan fingerprint density at radius 2 is 1.60 bits per heavy atom. The lowest BCUT2D eigenvalue weighted by atomic mass is 10.0. The Balaban J connectivity index is 1.88. The first kappa shape index (κ1) is 19.5. The van der Waals surface area contributed by atoms with Gasteiger partial charge in [-0.1, -0.05) is 61.3 Å². The van der Waals surface area contributed by atoms with Crippen molar-refractivity contribution in [3.05, 3.63) is 59.1 Å². The van der Waals surface area contributed by atoms with Crippen molar-refractivity contribution in [2.45, 2.75) is 39.2 Å². The summed E-state index contributed by atoms with van der Waals surface area (Å²) in [6, 6.07) is 16.2. The standard InChI is InChI=1S/C21H25ClO3/c1-3-5-20(21(23)24-4-2)25-15-14-16-6-8-17(9-7-16)18-10-12-19(22)13-11-18/h6-13,20H,3-5,14-15H2,1-2H3. The van der Waals surface area contributed by atoms with Crippen molar-refractivity contribution >= 4 is 17.6 Å². The van der Waals surface area contributed by atoms with Crippen molar-refractivity contribution < 1.29 is 14.3 Å². The largest absolute Gasteiger partial charge is 0.464 e. The van der Waals surface area contributed by atoms with Gasteiger partial charge in [-0.25, -0.2) is 4.79 Å². The predicted molar refractivity (Wildman–Crippen MR) is 102 cm³/mol. The molecule has 0 saturated heterocycles. The third-order valence-corrected chi connectivity index (χ3v) is 4.19. The van der Waals surface area contributed by atoms with Crippen LogP contribution in [0.2, 0.25) is 5.02 Å². The van der Waals surface area contributed by atoms with Crippen molar-refractivity contribution in [1.29, 1.82) is 0 Å². The van der Waals surface area contributed by atoms with Gasteiger partial charge >= 0.3 is 5.97 Å². The molecule has 0 spiro atoms. The molecule has 1 atom stereocenters. The van der Waals surface area contributed by atoms with Crippen molar-refractivity contribution in [1.82, 2.24) is 0 Å². The highest BCUT2D eigenvalue weighted by molar-refractivity contribution is 6.30. The third-order valence-electron chi connectivity index (χ3n) is 3.94. The molecule has 0 fully saturated rings. The molecule has 0 saturated carbocycles. The number of rotatable bonds is 9. The van der Waals surface area contributed by atoms with Crippen LogP contribution >= 0.6 is 11.6 Å². The molecule has 0 amide bonds. The minimum atomic E-state index is -0.460. The number of hydrogen-bond acceptors (Lipinski definition) is 3. The van der Waals surface area contributed by atoms with Gasteiger partial charge in [0.25, 0.3) is 0 Å². The summed E-state index contributed by atoms with van der Waals surface area (Å²) in [7, 11) is 0. The van der Waals surface area contributed by atoms with E-state index < -0.39 is 6.10 Å². The predicted octanol–water partition coefficient (Wildman–Crippen LogP) is 5.30. The Kier molecular flexibility index (Phi) is 7.96. The molecule has 0 aliphatic heterocycles. The Morgan fingerprint density at radius 1 is 1.00 bits per heavy atom. The zero-order valence-corrected chi connectivity index (χ0v) is 15.6. The van der Waals surface area contributed by atoms with Gasteiger partial charge in [0, 0.05) is 5.02 Å². The normalized spacial score (nSPS) is 12.0. The summed E-state index contributed by atoms with van der Waals surface area (Å²) >= 11 is 5.92. The van der Waals surface area contributed by atoms with Crippen LogP contribution in [0.15, 0.2) is 48.5 Å². The first-order valence-electron chi connectivity index (χ1n) is 8.77. The van der Waals surface area contributed by atoms with E-state index in [2.05, 4.69) is 24.3 Å². The zero-order chi connectivity index (χ0) is 18.1. The second-order valence-corrected chi connectivity index (χ2v) is 6.29. The van der Waals surface area contributed by atoms with Gasteiger partial charge < -0.3 is 9.47 Å². The summed E-state index contributed by atoms with van der Waals surface area (Å²) in [5, 5.41) is 0.737. The van der Waals surface area contributed by atoms with Gasteiger partial charge in [0.2, 0.25) is 0 Å². The lowest BCUT2D eigenvalue weighted by Gasteiger charge is -2.15. The molecule has 2 aromatic carbocycles. The Hall–Kier alpha value is -1.84. The maximum Gasteiger partial charge on any atom is 0.335 e. The minimum Gasteiger partial charge on any atom is -0.464 e. The Labute approximate surface area is 154 Å². The summed E-state index contributed by atoms with van der Waals surface area (Å²) in [5.41, 5.74) is 3.46. The maximum atomic E-state index is 11.8. The molecule has 25 heavy (non-hydrogen) atoms. The fourth-order valence-electron chi connectivity index (χ4n) is 2.59. The molecular formula is C21H25ClO3. The monoisotopic (exact) mass is 360 g/mol. The average molecular weight is 361 g/mol. The molecule has 0 radical (unpaired) electrons. The summed E-state index contributed by atoms with van der Waals surface area (Å²) in [6.45, 7) is 4.73. The van der Waals surface area contributed by atoms with E-state index in [4.69, 9.17) is 21.1 Å². The van der Waals surface area contributed by atoms with Crippen LogP contribution in [0.5, 0.6) is 0 Å². The molecule has 4 heteroatoms. The summed E-state index contributed by atoms with van der Waals surface area (Å²) in [6.07, 6.45) is 1.88. The van der Waals surface area contributed by atoms with Crippen LogP contribution in [-0.4, -0.2) is 25.3 Å². The van der Waals surface area contributed by atoms with Gasteiger partial charge in [-0.2, -0.15) is 0 Å². The van der Waals surface area contributed by atoms with Crippen LogP contribution in [0.25, 0.3) is 11.1 Å². The van der Waals surface area contributed by atoms with E-state index in [-0.39, 0.29) is 5.97 Å². The molecule has 0 N–H and O–H groups in total. The Bertz CT molecular complexity index is 650. The molecule has 0 aliphatic carbocycles. The van der Waals surface area contributed by atoms with Crippen LogP contribution in [0, 0.1) is 0 Å². The van der Waals surface area contributed by atoms with Crippen molar-refractivity contribution in [2.24, 2.45) is 0 Å². The summed E-state index contributed by atoms with van der Waals surface area (Å²) in [5.74, 6) is -0.262. The van der Waals surface area contributed by atoms with E-state index in [1.54, 1.807) is 0 Å². The number of esters is 1. The van der Waals surface area contributed by atoms with E-state index in [9.17, 15) is 4.79 Å². The maximum absolute atomic E-state index is 11.8. The fourth-order valence-corrected chi connectivity index (χ4v) is 2.72. The van der Waals surface area contributed by atoms with E-state index in [1.807, 2.05) is 38.1 Å². The summed E-state index contributed by atoms with van der Waals surface area (Å²) < 4.78 is 10.8. The van der Waals surface area contributed by atoms with Crippen molar-refractivity contribution in [2.75, 3.05) is 13.2 Å². The van der Waals surface area contributed by atoms with E-state index >= 15 is 0 Å². The second-order valence-electron chi connectivity index (χ2n) is 5.85. The lowest BCUT2D eigenvalue weighted by molar-refractivity contribution is -0.157. The van der Waals surface area contributed by atoms with Gasteiger partial charge in [-0.3, -0.25) is 0 Å². The summed E-state index contributed by atoms with van der Waals surface area (Å²) in [4.78, 5) is 11.8. The van der Waals surface area contributed by atoms with Gasteiger partial charge in [0.15, 0.2) is 6.10 Å². The number of carbonyl (C=O) groups is 1. The molecule has 2 rings (SSSR count).